The number of rotatable bonds is 9. The Labute approximate surface area is 209 Å². The third-order valence-electron chi connectivity index (χ3n) is 6.14. The van der Waals surface area contributed by atoms with Crippen LogP contribution in [0.3, 0.4) is 0 Å². The Kier molecular flexibility index (Phi) is 7.58. The van der Waals surface area contributed by atoms with Gasteiger partial charge in [0, 0.05) is 18.7 Å². The highest BCUT2D eigenvalue weighted by molar-refractivity contribution is 5.97. The van der Waals surface area contributed by atoms with Crippen molar-refractivity contribution in [2.75, 3.05) is 34.0 Å². The van der Waals surface area contributed by atoms with Gasteiger partial charge in [0.2, 0.25) is 0 Å². The van der Waals surface area contributed by atoms with Crippen LogP contribution in [0, 0.1) is 10.1 Å². The molecule has 36 heavy (non-hydrogen) atoms. The molecule has 4 rings (SSSR count). The maximum atomic E-state index is 13.8. The number of nitrogens with zero attached hydrogens (tertiary/aromatic N) is 2. The molecule has 0 saturated heterocycles. The van der Waals surface area contributed by atoms with E-state index >= 15 is 0 Å². The van der Waals surface area contributed by atoms with Gasteiger partial charge in [-0.05, 0) is 60.9 Å². The number of amides is 1. The van der Waals surface area contributed by atoms with Gasteiger partial charge in [0.15, 0.2) is 11.5 Å². The van der Waals surface area contributed by atoms with Crippen LogP contribution in [0.1, 0.15) is 34.5 Å². The molecule has 0 radical (unpaired) electrons. The van der Waals surface area contributed by atoms with Crippen LogP contribution in [0.25, 0.3) is 0 Å². The van der Waals surface area contributed by atoms with E-state index in [0.29, 0.717) is 48.1 Å². The summed E-state index contributed by atoms with van der Waals surface area (Å²) < 4.78 is 22.8. The molecule has 0 saturated carbocycles. The van der Waals surface area contributed by atoms with Gasteiger partial charge < -0.3 is 23.8 Å². The minimum atomic E-state index is -0.461. The first-order chi connectivity index (χ1) is 17.5. The summed E-state index contributed by atoms with van der Waals surface area (Å²) in [5.41, 5.74) is 2.38. The summed E-state index contributed by atoms with van der Waals surface area (Å²) in [6, 6.07) is 16.4. The van der Waals surface area contributed by atoms with Crippen molar-refractivity contribution in [2.24, 2.45) is 0 Å². The predicted octanol–water partition coefficient (Wildman–Crippen LogP) is 4.83. The molecule has 0 unspecified atom stereocenters. The van der Waals surface area contributed by atoms with Crippen molar-refractivity contribution in [1.29, 1.82) is 0 Å². The van der Waals surface area contributed by atoms with Gasteiger partial charge in [0.25, 0.3) is 11.6 Å². The van der Waals surface area contributed by atoms with E-state index in [4.69, 9.17) is 18.9 Å². The highest BCUT2D eigenvalue weighted by Crippen LogP contribution is 2.39. The van der Waals surface area contributed by atoms with E-state index < -0.39 is 11.0 Å². The highest BCUT2D eigenvalue weighted by Gasteiger charge is 2.34. The van der Waals surface area contributed by atoms with Gasteiger partial charge in [-0.15, -0.1) is 0 Å². The molecule has 1 aliphatic heterocycles. The number of carbonyl (C=O) groups is 1. The normalized spacial score (nSPS) is 14.5. The summed E-state index contributed by atoms with van der Waals surface area (Å²) in [5.74, 6) is 2.00. The van der Waals surface area contributed by atoms with Crippen LogP contribution in [0.4, 0.5) is 5.69 Å². The van der Waals surface area contributed by atoms with E-state index in [1.807, 2.05) is 31.2 Å². The lowest BCUT2D eigenvalue weighted by Crippen LogP contribution is -2.42. The van der Waals surface area contributed by atoms with Crippen molar-refractivity contribution in [3.63, 3.8) is 0 Å². The third kappa shape index (κ3) is 5.05. The topological polar surface area (TPSA) is 100 Å². The van der Waals surface area contributed by atoms with Gasteiger partial charge >= 0.3 is 0 Å². The average Bonchev–Trinajstić information content (AvgIpc) is 2.91. The molecule has 9 nitrogen and oxygen atoms in total. The molecule has 9 heteroatoms. The van der Waals surface area contributed by atoms with Gasteiger partial charge in [-0.2, -0.15) is 0 Å². The zero-order valence-corrected chi connectivity index (χ0v) is 20.4. The number of non-ortho nitro benzene ring substituents is 1. The standard InChI is InChI=1S/C27H28N2O7/c1-4-35-24-8-6-5-7-21(24)27(30)28-14-13-18-15-25(33-2)26(34-3)16-22(18)23(28)17-36-20-11-9-19(10-12-20)29(31)32/h5-12,15-16,23H,4,13-14,17H2,1-3H3/t23-/m1/s1. The van der Waals surface area contributed by atoms with Gasteiger partial charge in [0.1, 0.15) is 18.1 Å². The third-order valence-corrected chi connectivity index (χ3v) is 6.14. The number of hydrogen-bond acceptors (Lipinski definition) is 7. The van der Waals surface area contributed by atoms with Crippen LogP contribution >= 0.6 is 0 Å². The van der Waals surface area contributed by atoms with Gasteiger partial charge in [-0.25, -0.2) is 0 Å². The summed E-state index contributed by atoms with van der Waals surface area (Å²) in [6.07, 6.45) is 0.631. The van der Waals surface area contributed by atoms with Crippen LogP contribution in [-0.4, -0.2) is 49.7 Å². The fourth-order valence-electron chi connectivity index (χ4n) is 4.37. The van der Waals surface area contributed by atoms with Crippen molar-refractivity contribution < 1.29 is 28.7 Å². The Bertz CT molecular complexity index is 1240. The summed E-state index contributed by atoms with van der Waals surface area (Å²) in [7, 11) is 3.15. The second-order valence-corrected chi connectivity index (χ2v) is 8.16. The number of para-hydroxylation sites is 1. The molecule has 1 amide bonds. The van der Waals surface area contributed by atoms with Gasteiger partial charge in [-0.1, -0.05) is 12.1 Å². The number of ether oxygens (including phenoxy) is 4. The molecule has 0 aliphatic carbocycles. The molecule has 1 atom stereocenters. The second-order valence-electron chi connectivity index (χ2n) is 8.16. The number of fused-ring (bicyclic) bond motifs is 1. The molecule has 1 heterocycles. The zero-order valence-electron chi connectivity index (χ0n) is 20.4. The predicted molar refractivity (Wildman–Crippen MR) is 133 cm³/mol. The van der Waals surface area contributed by atoms with Crippen LogP contribution in [-0.2, 0) is 6.42 Å². The van der Waals surface area contributed by atoms with Gasteiger partial charge in [0.05, 0.1) is 37.4 Å². The summed E-state index contributed by atoms with van der Waals surface area (Å²) >= 11 is 0. The lowest BCUT2D eigenvalue weighted by molar-refractivity contribution is -0.384. The number of carbonyl (C=O) groups excluding carboxylic acids is 1. The van der Waals surface area contributed by atoms with E-state index in [2.05, 4.69) is 0 Å². The molecule has 0 aromatic heterocycles. The molecule has 0 fully saturated rings. The van der Waals surface area contributed by atoms with Crippen molar-refractivity contribution in [3.05, 3.63) is 87.5 Å². The van der Waals surface area contributed by atoms with E-state index in [0.717, 1.165) is 11.1 Å². The Morgan fingerprint density at radius 2 is 1.69 bits per heavy atom. The molecule has 0 N–H and O–H groups in total. The van der Waals surface area contributed by atoms with Crippen molar-refractivity contribution in [3.8, 4) is 23.0 Å². The number of nitro groups is 1. The quantitative estimate of drug-likeness (QED) is 0.312. The summed E-state index contributed by atoms with van der Waals surface area (Å²) in [5, 5.41) is 11.0. The lowest BCUT2D eigenvalue weighted by atomic mass is 9.91. The smallest absolute Gasteiger partial charge is 0.269 e. The molecule has 3 aromatic carbocycles. The SMILES string of the molecule is CCOc1ccccc1C(=O)N1CCc2cc(OC)c(OC)cc2[C@H]1COc1ccc([N+](=O)[O-])cc1. The van der Waals surface area contributed by atoms with E-state index in [-0.39, 0.29) is 18.2 Å². The first kappa shape index (κ1) is 24.8. The first-order valence-electron chi connectivity index (χ1n) is 11.6. The Morgan fingerprint density at radius 3 is 2.36 bits per heavy atom. The number of hydrogen-bond donors (Lipinski definition) is 0. The second kappa shape index (κ2) is 11.0. The molecule has 1 aliphatic rings. The molecule has 188 valence electrons. The maximum absolute atomic E-state index is 13.8. The average molecular weight is 493 g/mol. The summed E-state index contributed by atoms with van der Waals surface area (Å²) in [4.78, 5) is 26.1. The number of nitro benzene ring substituents is 1. The van der Waals surface area contributed by atoms with Crippen LogP contribution in [0.15, 0.2) is 60.7 Å². The minimum absolute atomic E-state index is 0.0217. The Balaban J connectivity index is 1.70. The molecule has 3 aromatic rings. The fourth-order valence-corrected chi connectivity index (χ4v) is 4.37. The zero-order chi connectivity index (χ0) is 25.7. The lowest BCUT2D eigenvalue weighted by Gasteiger charge is -2.38. The van der Waals surface area contributed by atoms with Crippen LogP contribution in [0.2, 0.25) is 0 Å². The highest BCUT2D eigenvalue weighted by atomic mass is 16.6. The number of methoxy groups -OCH3 is 2. The van der Waals surface area contributed by atoms with Crippen molar-refractivity contribution in [2.45, 2.75) is 19.4 Å². The molecular weight excluding hydrogens is 464 g/mol. The molecule has 0 spiro atoms. The maximum Gasteiger partial charge on any atom is 0.269 e. The van der Waals surface area contributed by atoms with Crippen LogP contribution in [0.5, 0.6) is 23.0 Å². The molecule has 0 bridgehead atoms. The van der Waals surface area contributed by atoms with E-state index in [1.54, 1.807) is 43.4 Å². The van der Waals surface area contributed by atoms with Crippen LogP contribution < -0.4 is 18.9 Å². The summed E-state index contributed by atoms with van der Waals surface area (Å²) in [6.45, 7) is 2.93. The molecular formula is C27H28N2O7. The van der Waals surface area contributed by atoms with Gasteiger partial charge in [-0.3, -0.25) is 14.9 Å². The number of benzene rings is 3. The van der Waals surface area contributed by atoms with Crippen molar-refractivity contribution >= 4 is 11.6 Å². The largest absolute Gasteiger partial charge is 0.493 e. The van der Waals surface area contributed by atoms with Crippen molar-refractivity contribution in [1.82, 2.24) is 4.90 Å². The fraction of sp³-hybridized carbons (Fsp3) is 0.296. The monoisotopic (exact) mass is 492 g/mol. The Hall–Kier alpha value is -4.27. The first-order valence-corrected chi connectivity index (χ1v) is 11.6. The minimum Gasteiger partial charge on any atom is -0.493 e. The Morgan fingerprint density at radius 1 is 1.00 bits per heavy atom. The van der Waals surface area contributed by atoms with E-state index in [1.165, 1.54) is 12.1 Å². The van der Waals surface area contributed by atoms with E-state index in [9.17, 15) is 14.9 Å².